The second-order valence-corrected chi connectivity index (χ2v) is 7.25. The van der Waals surface area contributed by atoms with Crippen molar-refractivity contribution in [3.8, 4) is 12.3 Å². The first-order chi connectivity index (χ1) is 10.3. The van der Waals surface area contributed by atoms with Gasteiger partial charge in [0.05, 0.1) is 23.8 Å². The summed E-state index contributed by atoms with van der Waals surface area (Å²) in [6.07, 6.45) is 5.86. The third-order valence-corrected chi connectivity index (χ3v) is 3.77. The van der Waals surface area contributed by atoms with Crippen LogP contribution in [0.1, 0.15) is 34.1 Å². The quantitative estimate of drug-likeness (QED) is 0.374. The molecule has 0 saturated heterocycles. The van der Waals surface area contributed by atoms with Crippen molar-refractivity contribution < 1.29 is 14.6 Å². The summed E-state index contributed by atoms with van der Waals surface area (Å²) < 4.78 is 5.36. The van der Waals surface area contributed by atoms with E-state index in [2.05, 4.69) is 10.9 Å². The monoisotopic (exact) mass is 324 g/mol. The minimum atomic E-state index is -0.532. The minimum absolute atomic E-state index is 0.172. The summed E-state index contributed by atoms with van der Waals surface area (Å²) in [6, 6.07) is 0. The molecule has 0 radical (unpaired) electrons. The van der Waals surface area contributed by atoms with E-state index in [1.807, 2.05) is 27.7 Å². The zero-order valence-corrected chi connectivity index (χ0v) is 14.5. The van der Waals surface area contributed by atoms with Crippen molar-refractivity contribution in [3.63, 3.8) is 0 Å². The van der Waals surface area contributed by atoms with Crippen LogP contribution in [0, 0.1) is 12.3 Å². The van der Waals surface area contributed by atoms with Crippen molar-refractivity contribution >= 4 is 22.9 Å². The topological polar surface area (TPSA) is 62.1 Å². The molecule has 0 bridgehead atoms. The molecule has 0 saturated carbocycles. The van der Waals surface area contributed by atoms with E-state index in [9.17, 15) is 4.79 Å². The van der Waals surface area contributed by atoms with Gasteiger partial charge in [-0.15, -0.1) is 18.2 Å². The van der Waals surface area contributed by atoms with E-state index in [0.29, 0.717) is 18.7 Å². The van der Waals surface area contributed by atoms with Gasteiger partial charge in [-0.3, -0.25) is 4.90 Å². The zero-order chi connectivity index (χ0) is 16.8. The maximum absolute atomic E-state index is 12.1. The first kappa shape index (κ1) is 18.6. The summed E-state index contributed by atoms with van der Waals surface area (Å²) in [6.45, 7) is 8.29. The van der Waals surface area contributed by atoms with Crippen molar-refractivity contribution in [1.82, 2.24) is 4.90 Å². The van der Waals surface area contributed by atoms with Crippen molar-refractivity contribution in [1.29, 1.82) is 0 Å². The molecule has 0 aliphatic carbocycles. The van der Waals surface area contributed by atoms with Crippen molar-refractivity contribution in [2.45, 2.75) is 39.7 Å². The van der Waals surface area contributed by atoms with Gasteiger partial charge in [0.25, 0.3) is 0 Å². The molecular weight excluding hydrogens is 300 g/mol. The Balaban J connectivity index is 2.69. The predicted octanol–water partition coefficient (Wildman–Crippen LogP) is 2.66. The molecule has 0 spiro atoms. The average Bonchev–Trinajstić information content (AvgIpc) is 2.80. The fraction of sp³-hybridized carbons (Fsp3) is 0.625. The second-order valence-electron chi connectivity index (χ2n) is 5.96. The Hall–Kier alpha value is -1.45. The highest BCUT2D eigenvalue weighted by molar-refractivity contribution is 8.13. The Bertz CT molecular complexity index is 512. The van der Waals surface area contributed by atoms with Crippen LogP contribution in [-0.4, -0.2) is 52.2 Å². The fourth-order valence-corrected chi connectivity index (χ4v) is 2.55. The number of aliphatic hydroxyl groups is 1. The van der Waals surface area contributed by atoms with Crippen LogP contribution >= 0.6 is 11.8 Å². The molecule has 1 aliphatic heterocycles. The molecule has 122 valence electrons. The lowest BCUT2D eigenvalue weighted by atomic mass is 10.2. The highest BCUT2D eigenvalue weighted by atomic mass is 32.2. The number of amides is 1. The molecule has 0 aromatic heterocycles. The molecular formula is C16H24N2O3S. The summed E-state index contributed by atoms with van der Waals surface area (Å²) in [5, 5.41) is 9.66. The zero-order valence-electron chi connectivity index (χ0n) is 13.7. The van der Waals surface area contributed by atoms with Gasteiger partial charge in [0.2, 0.25) is 0 Å². The van der Waals surface area contributed by atoms with Crippen molar-refractivity contribution in [2.75, 3.05) is 25.4 Å². The predicted molar refractivity (Wildman–Crippen MR) is 90.9 cm³/mol. The molecule has 0 aromatic rings. The van der Waals surface area contributed by atoms with Gasteiger partial charge in [-0.1, -0.05) is 5.92 Å². The third-order valence-electron chi connectivity index (χ3n) is 2.77. The van der Waals surface area contributed by atoms with Crippen LogP contribution < -0.4 is 0 Å². The van der Waals surface area contributed by atoms with E-state index in [-0.39, 0.29) is 12.7 Å². The van der Waals surface area contributed by atoms with Crippen LogP contribution in [0.2, 0.25) is 0 Å². The number of carbonyl (C=O) groups is 1. The van der Waals surface area contributed by atoms with Gasteiger partial charge in [0.1, 0.15) is 5.60 Å². The Morgan fingerprint density at radius 2 is 2.18 bits per heavy atom. The van der Waals surface area contributed by atoms with Gasteiger partial charge >= 0.3 is 6.09 Å². The van der Waals surface area contributed by atoms with Gasteiger partial charge in [-0.05, 0) is 34.1 Å². The smallest absolute Gasteiger partial charge is 0.410 e. The summed E-state index contributed by atoms with van der Waals surface area (Å²) in [5.74, 6) is 3.41. The molecule has 1 amide bonds. The molecule has 5 nitrogen and oxygen atoms in total. The van der Waals surface area contributed by atoms with Gasteiger partial charge in [0, 0.05) is 17.9 Å². The Morgan fingerprint density at radius 1 is 1.50 bits per heavy atom. The minimum Gasteiger partial charge on any atom is -0.444 e. The number of rotatable bonds is 4. The number of terminal acetylenes is 1. The number of thioether (sulfide) groups is 1. The lowest BCUT2D eigenvalue weighted by molar-refractivity contribution is 0.0300. The highest BCUT2D eigenvalue weighted by Crippen LogP contribution is 2.22. The van der Waals surface area contributed by atoms with Crippen LogP contribution in [0.5, 0.6) is 0 Å². The average molecular weight is 324 g/mol. The third kappa shape index (κ3) is 6.12. The maximum Gasteiger partial charge on any atom is 0.410 e. The molecule has 0 fully saturated rings. The highest BCUT2D eigenvalue weighted by Gasteiger charge is 2.29. The molecule has 0 unspecified atom stereocenters. The second kappa shape index (κ2) is 8.25. The number of nitrogens with zero attached hydrogens (tertiary/aromatic N) is 2. The first-order valence-electron chi connectivity index (χ1n) is 7.22. The number of aliphatic hydroxyl groups excluding tert-OH is 1. The Morgan fingerprint density at radius 3 is 2.73 bits per heavy atom. The molecule has 0 atom stereocenters. The largest absolute Gasteiger partial charge is 0.444 e. The number of carbonyl (C=O) groups excluding carboxylic acids is 1. The summed E-state index contributed by atoms with van der Waals surface area (Å²) >= 11 is 1.57. The van der Waals surface area contributed by atoms with Gasteiger partial charge in [0.15, 0.2) is 0 Å². The molecule has 22 heavy (non-hydrogen) atoms. The fourth-order valence-electron chi connectivity index (χ4n) is 1.81. The maximum atomic E-state index is 12.1. The summed E-state index contributed by atoms with van der Waals surface area (Å²) in [4.78, 5) is 18.2. The van der Waals surface area contributed by atoms with Crippen molar-refractivity contribution in [2.24, 2.45) is 4.99 Å². The first-order valence-corrected chi connectivity index (χ1v) is 8.21. The molecule has 6 heteroatoms. The van der Waals surface area contributed by atoms with E-state index < -0.39 is 5.60 Å². The van der Waals surface area contributed by atoms with E-state index in [1.54, 1.807) is 16.7 Å². The molecule has 1 heterocycles. The summed E-state index contributed by atoms with van der Waals surface area (Å²) in [5.41, 5.74) is 0.922. The van der Waals surface area contributed by atoms with Crippen LogP contribution in [-0.2, 0) is 4.74 Å². The number of hydrogen-bond acceptors (Lipinski definition) is 5. The van der Waals surface area contributed by atoms with Crippen LogP contribution in [0.3, 0.4) is 0 Å². The lowest BCUT2D eigenvalue weighted by Crippen LogP contribution is -2.35. The van der Waals surface area contributed by atoms with Crippen LogP contribution in [0.15, 0.2) is 16.3 Å². The molecule has 0 aromatic carbocycles. The van der Waals surface area contributed by atoms with Gasteiger partial charge in [-0.2, -0.15) is 0 Å². The van der Waals surface area contributed by atoms with Crippen LogP contribution in [0.4, 0.5) is 4.79 Å². The normalized spacial score (nSPS) is 16.0. The van der Waals surface area contributed by atoms with E-state index in [0.717, 1.165) is 22.9 Å². The number of hydrogen-bond donors (Lipinski definition) is 1. The van der Waals surface area contributed by atoms with E-state index in [4.69, 9.17) is 16.3 Å². The standard InChI is InChI=1S/C16H24N2O3S/c1-6-13-10-18(15(20)21-16(3,4)5)11-14(13)17-12(2)22-9-7-8-19/h1,19H,7-11H2,2-5H3. The Kier molecular flexibility index (Phi) is 6.98. The van der Waals surface area contributed by atoms with E-state index in [1.165, 1.54) is 0 Å². The van der Waals surface area contributed by atoms with Gasteiger partial charge < -0.3 is 9.84 Å². The number of ether oxygens (including phenoxy) is 1. The molecule has 1 N–H and O–H groups in total. The number of aliphatic imine (C=N–C) groups is 1. The summed E-state index contributed by atoms with van der Waals surface area (Å²) in [7, 11) is 0. The lowest BCUT2D eigenvalue weighted by Gasteiger charge is -2.24. The molecule has 1 rings (SSSR count). The SMILES string of the molecule is C#CC1=C(N=C(C)SCCCO)CN(C(=O)OC(C)(C)C)C1. The van der Waals surface area contributed by atoms with E-state index >= 15 is 0 Å². The van der Waals surface area contributed by atoms with Crippen LogP contribution in [0.25, 0.3) is 0 Å². The van der Waals surface area contributed by atoms with Crippen molar-refractivity contribution in [3.05, 3.63) is 11.3 Å². The molecule has 1 aliphatic rings. The van der Waals surface area contributed by atoms with Gasteiger partial charge in [-0.25, -0.2) is 9.79 Å². The Labute approximate surface area is 136 Å².